The van der Waals surface area contributed by atoms with E-state index in [1.165, 1.54) is 12.1 Å². The van der Waals surface area contributed by atoms with Crippen molar-refractivity contribution >= 4 is 27.5 Å². The zero-order chi connectivity index (χ0) is 14.8. The molecular formula is C15H16BrFN2O. The summed E-state index contributed by atoms with van der Waals surface area (Å²) in [7, 11) is 0. The molecule has 20 heavy (non-hydrogen) atoms. The highest BCUT2D eigenvalue weighted by Crippen LogP contribution is 2.37. The summed E-state index contributed by atoms with van der Waals surface area (Å²) in [6.45, 7) is 1.73. The van der Waals surface area contributed by atoms with Crippen molar-refractivity contribution in [3.8, 4) is 6.07 Å². The summed E-state index contributed by atoms with van der Waals surface area (Å²) in [5.41, 5.74) is 0.248. The standard InChI is InChI=1S/C15H16BrFN2O/c1-10-7-12(17)11(16)8-13(10)19-14(20)15(9-18)5-3-2-4-6-15/h7-8H,2-6H2,1H3,(H,19,20). The smallest absolute Gasteiger partial charge is 0.244 e. The van der Waals surface area contributed by atoms with Crippen LogP contribution in [0.2, 0.25) is 0 Å². The third-order valence-electron chi connectivity index (χ3n) is 3.87. The molecule has 0 unspecified atom stereocenters. The number of hydrogen-bond acceptors (Lipinski definition) is 2. The van der Waals surface area contributed by atoms with E-state index in [1.807, 2.05) is 0 Å². The number of halogens is 2. The van der Waals surface area contributed by atoms with Gasteiger partial charge in [-0.15, -0.1) is 0 Å². The van der Waals surface area contributed by atoms with Gasteiger partial charge in [0.15, 0.2) is 0 Å². The number of carbonyl (C=O) groups excluding carboxylic acids is 1. The van der Waals surface area contributed by atoms with Gasteiger partial charge in [-0.05, 0) is 53.4 Å². The van der Waals surface area contributed by atoms with E-state index >= 15 is 0 Å². The van der Waals surface area contributed by atoms with Crippen LogP contribution in [0.3, 0.4) is 0 Å². The van der Waals surface area contributed by atoms with E-state index in [0.29, 0.717) is 28.6 Å². The molecule has 1 aliphatic carbocycles. The summed E-state index contributed by atoms with van der Waals surface area (Å²) in [4.78, 5) is 12.4. The first kappa shape index (κ1) is 15.0. The molecule has 0 radical (unpaired) electrons. The Bertz CT molecular complexity index is 574. The largest absolute Gasteiger partial charge is 0.324 e. The molecule has 1 N–H and O–H groups in total. The van der Waals surface area contributed by atoms with E-state index < -0.39 is 5.41 Å². The molecule has 1 saturated carbocycles. The van der Waals surface area contributed by atoms with Crippen LogP contribution >= 0.6 is 15.9 Å². The quantitative estimate of drug-likeness (QED) is 0.873. The lowest BCUT2D eigenvalue weighted by Gasteiger charge is -2.29. The molecule has 0 heterocycles. The maximum absolute atomic E-state index is 13.4. The molecule has 0 aliphatic heterocycles. The minimum absolute atomic E-state index is 0.277. The molecule has 106 valence electrons. The third kappa shape index (κ3) is 2.85. The fourth-order valence-corrected chi connectivity index (χ4v) is 2.91. The Kier molecular flexibility index (Phi) is 4.44. The summed E-state index contributed by atoms with van der Waals surface area (Å²) < 4.78 is 13.7. The van der Waals surface area contributed by atoms with Crippen molar-refractivity contribution < 1.29 is 9.18 Å². The predicted molar refractivity (Wildman–Crippen MR) is 78.6 cm³/mol. The number of benzene rings is 1. The number of aryl methyl sites for hydroxylation is 1. The van der Waals surface area contributed by atoms with Crippen molar-refractivity contribution in [1.29, 1.82) is 5.26 Å². The zero-order valence-corrected chi connectivity index (χ0v) is 12.9. The second kappa shape index (κ2) is 5.92. The molecule has 1 aliphatic rings. The fraction of sp³-hybridized carbons (Fsp3) is 0.467. The Labute approximate surface area is 126 Å². The second-order valence-corrected chi connectivity index (χ2v) is 6.14. The highest BCUT2D eigenvalue weighted by molar-refractivity contribution is 9.10. The lowest BCUT2D eigenvalue weighted by Crippen LogP contribution is -2.37. The molecular weight excluding hydrogens is 323 g/mol. The number of hydrogen-bond donors (Lipinski definition) is 1. The molecule has 0 aromatic heterocycles. The van der Waals surface area contributed by atoms with E-state index in [4.69, 9.17) is 0 Å². The Morgan fingerprint density at radius 3 is 2.65 bits per heavy atom. The van der Waals surface area contributed by atoms with Gasteiger partial charge in [-0.25, -0.2) is 4.39 Å². The summed E-state index contributed by atoms with van der Waals surface area (Å²) in [6.07, 6.45) is 4.05. The lowest BCUT2D eigenvalue weighted by atomic mass is 9.74. The van der Waals surface area contributed by atoms with E-state index in [0.717, 1.165) is 19.3 Å². The topological polar surface area (TPSA) is 52.9 Å². The number of carbonyl (C=O) groups is 1. The number of nitrogens with zero attached hydrogens (tertiary/aromatic N) is 1. The van der Waals surface area contributed by atoms with Gasteiger partial charge in [0, 0.05) is 5.69 Å². The zero-order valence-electron chi connectivity index (χ0n) is 11.3. The van der Waals surface area contributed by atoms with Crippen LogP contribution in [0, 0.1) is 29.5 Å². The Hall–Kier alpha value is -1.41. The van der Waals surface area contributed by atoms with Crippen molar-refractivity contribution in [1.82, 2.24) is 0 Å². The summed E-state index contributed by atoms with van der Waals surface area (Å²) in [5, 5.41) is 12.2. The van der Waals surface area contributed by atoms with Gasteiger partial charge in [0.1, 0.15) is 11.2 Å². The van der Waals surface area contributed by atoms with Gasteiger partial charge in [-0.3, -0.25) is 4.79 Å². The maximum atomic E-state index is 13.4. The minimum Gasteiger partial charge on any atom is -0.324 e. The molecule has 1 fully saturated rings. The van der Waals surface area contributed by atoms with Gasteiger partial charge in [0.2, 0.25) is 5.91 Å². The van der Waals surface area contributed by atoms with Crippen LogP contribution < -0.4 is 5.32 Å². The molecule has 0 bridgehead atoms. The average Bonchev–Trinajstić information content (AvgIpc) is 2.45. The maximum Gasteiger partial charge on any atom is 0.244 e. The van der Waals surface area contributed by atoms with Crippen molar-refractivity contribution in [2.75, 3.05) is 5.32 Å². The van der Waals surface area contributed by atoms with E-state index in [1.54, 1.807) is 6.92 Å². The van der Waals surface area contributed by atoms with Gasteiger partial charge in [0.25, 0.3) is 0 Å². The molecule has 0 spiro atoms. The first-order valence-corrected chi connectivity index (χ1v) is 7.46. The minimum atomic E-state index is -0.939. The van der Waals surface area contributed by atoms with Gasteiger partial charge >= 0.3 is 0 Å². The SMILES string of the molecule is Cc1cc(F)c(Br)cc1NC(=O)C1(C#N)CCCCC1. The third-order valence-corrected chi connectivity index (χ3v) is 4.48. The number of nitrogens with one attached hydrogen (secondary N) is 1. The van der Waals surface area contributed by atoms with Crippen LogP contribution in [-0.4, -0.2) is 5.91 Å². The highest BCUT2D eigenvalue weighted by Gasteiger charge is 2.39. The second-order valence-electron chi connectivity index (χ2n) is 5.29. The molecule has 1 aromatic rings. The fourth-order valence-electron chi connectivity index (χ4n) is 2.57. The van der Waals surface area contributed by atoms with Gasteiger partial charge in [-0.1, -0.05) is 19.3 Å². The van der Waals surface area contributed by atoms with Crippen LogP contribution in [0.4, 0.5) is 10.1 Å². The van der Waals surface area contributed by atoms with Gasteiger partial charge in [-0.2, -0.15) is 5.26 Å². The lowest BCUT2D eigenvalue weighted by molar-refractivity contribution is -0.124. The predicted octanol–water partition coefficient (Wildman–Crippen LogP) is 4.31. The molecule has 3 nitrogen and oxygen atoms in total. The van der Waals surface area contributed by atoms with E-state index in [-0.39, 0.29) is 11.7 Å². The first-order valence-electron chi connectivity index (χ1n) is 6.67. The first-order chi connectivity index (χ1) is 9.48. The monoisotopic (exact) mass is 338 g/mol. The molecule has 1 aromatic carbocycles. The van der Waals surface area contributed by atoms with Crippen LogP contribution in [-0.2, 0) is 4.79 Å². The van der Waals surface area contributed by atoms with E-state index in [2.05, 4.69) is 27.3 Å². The Morgan fingerprint density at radius 2 is 2.05 bits per heavy atom. The van der Waals surface area contributed by atoms with Crippen LogP contribution in [0.15, 0.2) is 16.6 Å². The summed E-state index contributed by atoms with van der Waals surface area (Å²) in [5.74, 6) is -0.644. The number of nitriles is 1. The Morgan fingerprint density at radius 1 is 1.40 bits per heavy atom. The van der Waals surface area contributed by atoms with Crippen molar-refractivity contribution in [2.45, 2.75) is 39.0 Å². The van der Waals surface area contributed by atoms with Crippen molar-refractivity contribution in [2.24, 2.45) is 5.41 Å². The Balaban J connectivity index is 2.23. The van der Waals surface area contributed by atoms with Crippen LogP contribution in [0.5, 0.6) is 0 Å². The molecule has 0 atom stereocenters. The normalized spacial score (nSPS) is 17.3. The average molecular weight is 339 g/mol. The molecule has 2 rings (SSSR count). The van der Waals surface area contributed by atoms with E-state index in [9.17, 15) is 14.4 Å². The van der Waals surface area contributed by atoms with Gasteiger partial charge < -0.3 is 5.32 Å². The van der Waals surface area contributed by atoms with Crippen molar-refractivity contribution in [3.63, 3.8) is 0 Å². The number of anilines is 1. The van der Waals surface area contributed by atoms with Crippen molar-refractivity contribution in [3.05, 3.63) is 28.0 Å². The molecule has 5 heteroatoms. The van der Waals surface area contributed by atoms with Crippen LogP contribution in [0.1, 0.15) is 37.7 Å². The number of amides is 1. The molecule has 1 amide bonds. The van der Waals surface area contributed by atoms with Gasteiger partial charge in [0.05, 0.1) is 10.5 Å². The summed E-state index contributed by atoms with van der Waals surface area (Å²) >= 11 is 3.11. The highest BCUT2D eigenvalue weighted by atomic mass is 79.9. The number of rotatable bonds is 2. The van der Waals surface area contributed by atoms with Crippen LogP contribution in [0.25, 0.3) is 0 Å². The summed E-state index contributed by atoms with van der Waals surface area (Å²) in [6, 6.07) is 5.08. The molecule has 0 saturated heterocycles.